The fraction of sp³-hybridized carbons (Fsp3) is 0.222. The van der Waals surface area contributed by atoms with Crippen LogP contribution in [0, 0.1) is 6.92 Å². The predicted octanol–water partition coefficient (Wildman–Crippen LogP) is 3.83. The minimum absolute atomic E-state index is 0.0593. The summed E-state index contributed by atoms with van der Waals surface area (Å²) < 4.78 is 10.5. The van der Waals surface area contributed by atoms with E-state index >= 15 is 0 Å². The first kappa shape index (κ1) is 32.6. The Morgan fingerprint density at radius 2 is 1.31 bits per heavy atom. The number of carbonyl (C=O) groups is 4. The molecular formula is C36H37N3O6. The molecule has 0 fully saturated rings. The maximum absolute atomic E-state index is 13.9. The Kier molecular flexibility index (Phi) is 11.6. The molecule has 4 aromatic carbocycles. The van der Waals surface area contributed by atoms with E-state index in [1.54, 1.807) is 24.3 Å². The SMILES string of the molecule is COC(=O)c1cccc(COC[C@H](NC(=O)[C@H](Cc2cccc(C)c2)NC(=O)C(c2ccccc2)c2ccccc2)C(N)=O)c1. The van der Waals surface area contributed by atoms with Crippen LogP contribution in [0.15, 0.2) is 109 Å². The molecule has 0 radical (unpaired) electrons. The van der Waals surface area contributed by atoms with Gasteiger partial charge in [0.1, 0.15) is 12.1 Å². The molecule has 0 heterocycles. The van der Waals surface area contributed by atoms with E-state index in [1.807, 2.05) is 91.9 Å². The van der Waals surface area contributed by atoms with Crippen molar-refractivity contribution in [3.8, 4) is 0 Å². The van der Waals surface area contributed by atoms with E-state index in [1.165, 1.54) is 7.11 Å². The smallest absolute Gasteiger partial charge is 0.337 e. The molecule has 0 aliphatic heterocycles. The molecular weight excluding hydrogens is 570 g/mol. The summed E-state index contributed by atoms with van der Waals surface area (Å²) in [7, 11) is 1.30. The Balaban J connectivity index is 1.52. The van der Waals surface area contributed by atoms with Gasteiger partial charge in [0.2, 0.25) is 17.7 Å². The van der Waals surface area contributed by atoms with Gasteiger partial charge in [0.05, 0.1) is 31.8 Å². The van der Waals surface area contributed by atoms with Crippen molar-refractivity contribution in [3.05, 3.63) is 143 Å². The van der Waals surface area contributed by atoms with Crippen molar-refractivity contribution in [3.63, 3.8) is 0 Å². The number of aryl methyl sites for hydroxylation is 1. The van der Waals surface area contributed by atoms with Crippen molar-refractivity contribution in [1.29, 1.82) is 0 Å². The van der Waals surface area contributed by atoms with E-state index in [-0.39, 0.29) is 25.5 Å². The van der Waals surface area contributed by atoms with E-state index < -0.39 is 35.8 Å². The molecule has 4 rings (SSSR count). The average Bonchev–Trinajstić information content (AvgIpc) is 3.04. The fourth-order valence-electron chi connectivity index (χ4n) is 4.99. The lowest BCUT2D eigenvalue weighted by molar-refractivity contribution is -0.132. The number of carbonyl (C=O) groups excluding carboxylic acids is 4. The van der Waals surface area contributed by atoms with Gasteiger partial charge in [0.25, 0.3) is 0 Å². The summed E-state index contributed by atoms with van der Waals surface area (Å²) in [5, 5.41) is 5.62. The van der Waals surface area contributed by atoms with Crippen LogP contribution in [0.4, 0.5) is 0 Å². The van der Waals surface area contributed by atoms with E-state index in [0.29, 0.717) is 11.1 Å². The van der Waals surface area contributed by atoms with Crippen LogP contribution >= 0.6 is 0 Å². The monoisotopic (exact) mass is 607 g/mol. The largest absolute Gasteiger partial charge is 0.465 e. The summed E-state index contributed by atoms with van der Waals surface area (Å²) in [6, 6.07) is 30.8. The van der Waals surface area contributed by atoms with Crippen molar-refractivity contribution in [2.75, 3.05) is 13.7 Å². The molecule has 0 bridgehead atoms. The molecule has 45 heavy (non-hydrogen) atoms. The van der Waals surface area contributed by atoms with Crippen LogP contribution in [0.2, 0.25) is 0 Å². The molecule has 232 valence electrons. The standard InChI is InChI=1S/C36H37N3O6/c1-24-11-9-12-25(19-24)21-30(38-35(42)32(27-14-5-3-6-15-27)28-16-7-4-8-17-28)34(41)39-31(33(37)40)23-45-22-26-13-10-18-29(20-26)36(43)44-2/h3-20,30-32H,21-23H2,1-2H3,(H2,37,40)(H,38,42)(H,39,41)/t30-,31-/m0/s1. The van der Waals surface area contributed by atoms with Gasteiger partial charge in [-0.15, -0.1) is 0 Å². The van der Waals surface area contributed by atoms with Gasteiger partial charge in [-0.3, -0.25) is 14.4 Å². The first-order valence-corrected chi connectivity index (χ1v) is 14.6. The Hall–Kier alpha value is -5.28. The highest BCUT2D eigenvalue weighted by molar-refractivity contribution is 5.94. The van der Waals surface area contributed by atoms with Gasteiger partial charge in [0, 0.05) is 6.42 Å². The van der Waals surface area contributed by atoms with Crippen molar-refractivity contribution in [2.24, 2.45) is 5.73 Å². The normalized spacial score (nSPS) is 12.2. The van der Waals surface area contributed by atoms with Crippen molar-refractivity contribution in [1.82, 2.24) is 10.6 Å². The van der Waals surface area contributed by atoms with Crippen LogP contribution in [0.25, 0.3) is 0 Å². The van der Waals surface area contributed by atoms with Gasteiger partial charge >= 0.3 is 5.97 Å². The molecule has 0 saturated heterocycles. The van der Waals surface area contributed by atoms with Crippen LogP contribution in [0.3, 0.4) is 0 Å². The summed E-state index contributed by atoms with van der Waals surface area (Å²) in [6.45, 7) is 1.79. The number of primary amides is 1. The van der Waals surface area contributed by atoms with E-state index in [0.717, 1.165) is 22.3 Å². The Bertz CT molecular complexity index is 1570. The van der Waals surface area contributed by atoms with Crippen LogP contribution in [-0.4, -0.2) is 49.5 Å². The molecule has 3 amide bonds. The van der Waals surface area contributed by atoms with Gasteiger partial charge in [-0.1, -0.05) is 103 Å². The summed E-state index contributed by atoms with van der Waals surface area (Å²) in [5.41, 5.74) is 10.1. The van der Waals surface area contributed by atoms with Crippen LogP contribution in [0.5, 0.6) is 0 Å². The number of ether oxygens (including phenoxy) is 2. The van der Waals surface area contributed by atoms with E-state index in [9.17, 15) is 19.2 Å². The molecule has 9 nitrogen and oxygen atoms in total. The number of nitrogens with two attached hydrogens (primary N) is 1. The third-order valence-electron chi connectivity index (χ3n) is 7.24. The fourth-order valence-corrected chi connectivity index (χ4v) is 4.99. The van der Waals surface area contributed by atoms with E-state index in [2.05, 4.69) is 10.6 Å². The lowest BCUT2D eigenvalue weighted by atomic mass is 9.90. The Morgan fingerprint density at radius 1 is 0.711 bits per heavy atom. The van der Waals surface area contributed by atoms with Crippen molar-refractivity contribution >= 4 is 23.7 Å². The van der Waals surface area contributed by atoms with Gasteiger partial charge in [-0.2, -0.15) is 0 Å². The van der Waals surface area contributed by atoms with Gasteiger partial charge in [0.15, 0.2) is 0 Å². The van der Waals surface area contributed by atoms with Crippen molar-refractivity contribution < 1.29 is 28.7 Å². The maximum Gasteiger partial charge on any atom is 0.337 e. The topological polar surface area (TPSA) is 137 Å². The molecule has 0 saturated carbocycles. The lowest BCUT2D eigenvalue weighted by Gasteiger charge is -2.25. The first-order valence-electron chi connectivity index (χ1n) is 14.6. The summed E-state index contributed by atoms with van der Waals surface area (Å²) in [6.07, 6.45) is 0.183. The highest BCUT2D eigenvalue weighted by atomic mass is 16.5. The highest BCUT2D eigenvalue weighted by Gasteiger charge is 2.30. The zero-order valence-electron chi connectivity index (χ0n) is 25.3. The minimum atomic E-state index is -1.17. The second-order valence-electron chi connectivity index (χ2n) is 10.7. The van der Waals surface area contributed by atoms with Gasteiger partial charge < -0.3 is 25.8 Å². The third kappa shape index (κ3) is 9.35. The summed E-state index contributed by atoms with van der Waals surface area (Å²) >= 11 is 0. The molecule has 0 unspecified atom stereocenters. The lowest BCUT2D eigenvalue weighted by Crippen LogP contribution is -2.55. The molecule has 0 aromatic heterocycles. The van der Waals surface area contributed by atoms with E-state index in [4.69, 9.17) is 15.2 Å². The number of esters is 1. The molecule has 4 aromatic rings. The third-order valence-corrected chi connectivity index (χ3v) is 7.24. The molecule has 0 aliphatic carbocycles. The number of hydrogen-bond donors (Lipinski definition) is 3. The second-order valence-corrected chi connectivity index (χ2v) is 10.7. The second kappa shape index (κ2) is 16.0. The quantitative estimate of drug-likeness (QED) is 0.187. The molecule has 9 heteroatoms. The highest BCUT2D eigenvalue weighted by Crippen LogP contribution is 2.25. The zero-order valence-corrected chi connectivity index (χ0v) is 25.3. The number of hydrogen-bond acceptors (Lipinski definition) is 6. The van der Waals surface area contributed by atoms with Gasteiger partial charge in [-0.25, -0.2) is 4.79 Å². The average molecular weight is 608 g/mol. The molecule has 2 atom stereocenters. The number of rotatable bonds is 14. The molecule has 0 aliphatic rings. The zero-order chi connectivity index (χ0) is 32.2. The maximum atomic E-state index is 13.9. The number of benzene rings is 4. The van der Waals surface area contributed by atoms with Gasteiger partial charge in [-0.05, 0) is 41.3 Å². The number of methoxy groups -OCH3 is 1. The van der Waals surface area contributed by atoms with Crippen LogP contribution < -0.4 is 16.4 Å². The number of nitrogens with one attached hydrogen (secondary N) is 2. The Morgan fingerprint density at radius 3 is 1.91 bits per heavy atom. The van der Waals surface area contributed by atoms with Crippen LogP contribution in [0.1, 0.15) is 44.1 Å². The minimum Gasteiger partial charge on any atom is -0.465 e. The summed E-state index contributed by atoms with van der Waals surface area (Å²) in [4.78, 5) is 51.9. The molecule has 0 spiro atoms. The Labute approximate surface area is 262 Å². The molecule has 4 N–H and O–H groups in total. The first-order chi connectivity index (χ1) is 21.7. The summed E-state index contributed by atoms with van der Waals surface area (Å²) in [5.74, 6) is -2.89. The van der Waals surface area contributed by atoms with Crippen molar-refractivity contribution in [2.45, 2.75) is 38.0 Å². The predicted molar refractivity (Wildman–Crippen MR) is 170 cm³/mol. The van der Waals surface area contributed by atoms with Crippen LogP contribution in [-0.2, 0) is 36.9 Å². The number of amides is 3.